The third kappa shape index (κ3) is 2.36. The van der Waals surface area contributed by atoms with Crippen molar-refractivity contribution in [3.8, 4) is 0 Å². The number of ketones is 2. The number of fused-ring (bicyclic) bond motifs is 5. The van der Waals surface area contributed by atoms with E-state index in [1.54, 1.807) is 0 Å². The maximum atomic E-state index is 13.1. The predicted octanol–water partition coefficient (Wildman–Crippen LogP) is 5.64. The van der Waals surface area contributed by atoms with Gasteiger partial charge in [0, 0.05) is 28.6 Å². The molecule has 2 unspecified atom stereocenters. The van der Waals surface area contributed by atoms with E-state index >= 15 is 0 Å². The molecule has 3 heteroatoms. The third-order valence-electron chi connectivity index (χ3n) is 9.53. The van der Waals surface area contributed by atoms with Crippen molar-refractivity contribution in [1.29, 1.82) is 0 Å². The van der Waals surface area contributed by atoms with Gasteiger partial charge in [-0.05, 0) is 68.1 Å². The van der Waals surface area contributed by atoms with Gasteiger partial charge >= 0.3 is 0 Å². The van der Waals surface area contributed by atoms with Gasteiger partial charge in [-0.3, -0.25) is 9.59 Å². The Morgan fingerprint density at radius 1 is 1.07 bits per heavy atom. The second kappa shape index (κ2) is 6.06. The van der Waals surface area contributed by atoms with Crippen molar-refractivity contribution in [3.63, 3.8) is 0 Å². The first-order valence-corrected chi connectivity index (χ1v) is 11.3. The number of carbonyl (C=O) groups is 2. The number of carbonyl (C=O) groups excluding carboxylic acids is 2. The van der Waals surface area contributed by atoms with Crippen molar-refractivity contribution >= 4 is 11.6 Å². The Morgan fingerprint density at radius 3 is 2.48 bits per heavy atom. The minimum absolute atomic E-state index is 0.0220. The van der Waals surface area contributed by atoms with Crippen LogP contribution in [-0.2, 0) is 9.59 Å². The molecule has 6 atom stereocenters. The Kier molecular flexibility index (Phi) is 3.99. The van der Waals surface area contributed by atoms with Gasteiger partial charge in [-0.25, -0.2) is 0 Å². The molecule has 5 aliphatic rings. The average molecular weight is 393 g/mol. The Morgan fingerprint density at radius 2 is 1.76 bits per heavy atom. The van der Waals surface area contributed by atoms with Crippen molar-refractivity contribution < 1.29 is 14.7 Å². The highest BCUT2D eigenvalue weighted by molar-refractivity contribution is 6.50. The van der Waals surface area contributed by atoms with Crippen LogP contribution in [0, 0.1) is 34.5 Å². The summed E-state index contributed by atoms with van der Waals surface area (Å²) >= 11 is 0. The van der Waals surface area contributed by atoms with Crippen LogP contribution in [0.2, 0.25) is 0 Å². The molecule has 0 aromatic rings. The minimum Gasteiger partial charge on any atom is -0.507 e. The molecule has 29 heavy (non-hydrogen) atoms. The van der Waals surface area contributed by atoms with Gasteiger partial charge in [0.15, 0.2) is 0 Å². The van der Waals surface area contributed by atoms with Crippen LogP contribution < -0.4 is 0 Å². The van der Waals surface area contributed by atoms with Crippen LogP contribution in [0.1, 0.15) is 66.2 Å². The van der Waals surface area contributed by atoms with Crippen LogP contribution in [-0.4, -0.2) is 16.7 Å². The highest BCUT2D eigenvalue weighted by Gasteiger charge is 2.55. The Bertz CT molecular complexity index is 945. The molecular weight excluding hydrogens is 360 g/mol. The zero-order valence-electron chi connectivity index (χ0n) is 18.0. The highest BCUT2D eigenvalue weighted by atomic mass is 16.3. The zero-order valence-corrected chi connectivity index (χ0v) is 18.0. The molecular formula is C26H32O3. The molecule has 0 saturated heterocycles. The molecule has 5 aliphatic carbocycles. The largest absolute Gasteiger partial charge is 0.507 e. The van der Waals surface area contributed by atoms with E-state index in [0.29, 0.717) is 29.4 Å². The second-order valence-corrected chi connectivity index (χ2v) is 10.7. The van der Waals surface area contributed by atoms with Gasteiger partial charge in [0.1, 0.15) is 5.76 Å². The Balaban J connectivity index is 1.57. The molecule has 154 valence electrons. The van der Waals surface area contributed by atoms with E-state index in [9.17, 15) is 14.7 Å². The monoisotopic (exact) mass is 392 g/mol. The lowest BCUT2D eigenvalue weighted by Crippen LogP contribution is -2.50. The van der Waals surface area contributed by atoms with E-state index in [2.05, 4.69) is 39.8 Å². The first-order valence-electron chi connectivity index (χ1n) is 11.3. The molecule has 0 amide bonds. The van der Waals surface area contributed by atoms with E-state index < -0.39 is 5.78 Å². The average Bonchev–Trinajstić information content (AvgIpc) is 3.30. The Labute approximate surface area is 173 Å². The van der Waals surface area contributed by atoms with E-state index in [1.165, 1.54) is 12.0 Å². The van der Waals surface area contributed by atoms with Crippen LogP contribution in [0.3, 0.4) is 0 Å². The highest BCUT2D eigenvalue weighted by Crippen LogP contribution is 2.62. The van der Waals surface area contributed by atoms with E-state index in [-0.39, 0.29) is 34.2 Å². The summed E-state index contributed by atoms with van der Waals surface area (Å²) in [6.07, 6.45) is 12.3. The molecule has 5 rings (SSSR count). The molecule has 2 bridgehead atoms. The van der Waals surface area contributed by atoms with Crippen molar-refractivity contribution in [2.75, 3.05) is 0 Å². The second-order valence-electron chi connectivity index (χ2n) is 10.7. The summed E-state index contributed by atoms with van der Waals surface area (Å²) in [5.74, 6) is 0.347. The van der Waals surface area contributed by atoms with Crippen LogP contribution >= 0.6 is 0 Å². The van der Waals surface area contributed by atoms with Gasteiger partial charge in [0.2, 0.25) is 11.6 Å². The molecule has 0 spiro atoms. The molecule has 1 fully saturated rings. The fourth-order valence-electron chi connectivity index (χ4n) is 7.40. The number of allylic oxidation sites excluding steroid dienone is 7. The summed E-state index contributed by atoms with van der Waals surface area (Å²) in [6.45, 7) is 9.25. The van der Waals surface area contributed by atoms with Crippen LogP contribution in [0.4, 0.5) is 0 Å². The molecule has 0 heterocycles. The fourth-order valence-corrected chi connectivity index (χ4v) is 7.40. The van der Waals surface area contributed by atoms with E-state index in [0.717, 1.165) is 31.3 Å². The first-order chi connectivity index (χ1) is 13.7. The van der Waals surface area contributed by atoms with Crippen molar-refractivity contribution in [2.24, 2.45) is 34.5 Å². The lowest BCUT2D eigenvalue weighted by atomic mass is 9.46. The number of hydrogen-bond acceptors (Lipinski definition) is 3. The lowest BCUT2D eigenvalue weighted by Gasteiger charge is -2.58. The summed E-state index contributed by atoms with van der Waals surface area (Å²) in [6, 6.07) is 0. The topological polar surface area (TPSA) is 54.4 Å². The summed E-state index contributed by atoms with van der Waals surface area (Å²) in [5.41, 5.74) is 3.24. The maximum Gasteiger partial charge on any atom is 0.232 e. The fraction of sp³-hybridized carbons (Fsp3) is 0.615. The van der Waals surface area contributed by atoms with Crippen LogP contribution in [0.15, 0.2) is 46.3 Å². The summed E-state index contributed by atoms with van der Waals surface area (Å²) in [5, 5.41) is 11.2. The molecule has 0 radical (unpaired) electrons. The van der Waals surface area contributed by atoms with E-state index in [4.69, 9.17) is 0 Å². The van der Waals surface area contributed by atoms with Gasteiger partial charge in [-0.15, -0.1) is 0 Å². The molecule has 0 aromatic heterocycles. The maximum absolute atomic E-state index is 13.1. The molecule has 1 saturated carbocycles. The number of hydrogen-bond donors (Lipinski definition) is 1. The number of rotatable bonds is 2. The van der Waals surface area contributed by atoms with Crippen molar-refractivity contribution in [1.82, 2.24) is 0 Å². The number of aliphatic hydroxyl groups excluding tert-OH is 1. The van der Waals surface area contributed by atoms with Crippen LogP contribution in [0.5, 0.6) is 0 Å². The molecule has 0 aromatic carbocycles. The quantitative estimate of drug-likeness (QED) is 0.376. The standard InChI is InChI=1S/C26H32O3/c1-14-6-5-7-19-25(14,3)11-10-15(2)26(19,4)13-18-22(27)20-16-8-9-17(12-16)21(20)24(29)23(18)28/h6,8-9,15-17,19,27H,5,7,10-13H2,1-4H3/t15-,16?,17?,19+,25+,26+/m0/s1. The molecule has 1 N–H and O–H groups in total. The predicted molar refractivity (Wildman–Crippen MR) is 113 cm³/mol. The number of Topliss-reactive ketones (excluding diaryl/α,β-unsaturated/α-hetero) is 2. The Hall–Kier alpha value is -1.90. The normalized spacial score (nSPS) is 43.7. The van der Waals surface area contributed by atoms with Gasteiger partial charge in [-0.1, -0.05) is 44.6 Å². The van der Waals surface area contributed by atoms with Gasteiger partial charge < -0.3 is 5.11 Å². The zero-order chi connectivity index (χ0) is 20.7. The third-order valence-corrected chi connectivity index (χ3v) is 9.53. The molecule has 0 aliphatic heterocycles. The van der Waals surface area contributed by atoms with Gasteiger partial charge in [0.05, 0.1) is 0 Å². The summed E-state index contributed by atoms with van der Waals surface area (Å²) < 4.78 is 0. The smallest absolute Gasteiger partial charge is 0.232 e. The number of aliphatic hydroxyl groups is 1. The van der Waals surface area contributed by atoms with Gasteiger partial charge in [0.25, 0.3) is 0 Å². The first kappa shape index (κ1) is 19.1. The van der Waals surface area contributed by atoms with Crippen molar-refractivity contribution in [3.05, 3.63) is 46.3 Å². The van der Waals surface area contributed by atoms with Crippen LogP contribution in [0.25, 0.3) is 0 Å². The van der Waals surface area contributed by atoms with Crippen molar-refractivity contribution in [2.45, 2.75) is 66.2 Å². The summed E-state index contributed by atoms with van der Waals surface area (Å²) in [4.78, 5) is 26.1. The van der Waals surface area contributed by atoms with E-state index in [1.807, 2.05) is 6.08 Å². The minimum atomic E-state index is -0.453. The van der Waals surface area contributed by atoms with Gasteiger partial charge in [-0.2, -0.15) is 0 Å². The lowest BCUT2D eigenvalue weighted by molar-refractivity contribution is -0.133. The molecule has 3 nitrogen and oxygen atoms in total. The summed E-state index contributed by atoms with van der Waals surface area (Å²) in [7, 11) is 0. The SMILES string of the molecule is CC1=CCC[C@H]2[C@](C)(CC3=C(O)C4=C(C(=O)C3=O)C3C=CC4C3)[C@@H](C)CC[C@]12C.